The molecule has 2 heterocycles. The molecular weight excluding hydrogens is 491 g/mol. The second-order valence-electron chi connectivity index (χ2n) is 10.1. The van der Waals surface area contributed by atoms with Crippen LogP contribution in [0.1, 0.15) is 57.2 Å². The number of nitrogens with zero attached hydrogens (tertiary/aromatic N) is 2. The number of rotatable bonds is 6. The molecule has 4 rings (SSSR count). The first-order chi connectivity index (χ1) is 16.8. The smallest absolute Gasteiger partial charge is 0.316 e. The van der Waals surface area contributed by atoms with Gasteiger partial charge in [-0.05, 0) is 55.9 Å². The molecule has 1 amide bonds. The fraction of sp³-hybridized carbons (Fsp3) is 0.500. The van der Waals surface area contributed by atoms with E-state index >= 15 is 0 Å². The fourth-order valence-corrected chi connectivity index (χ4v) is 6.86. The average molecular weight is 524 g/mol. The minimum Gasteiger partial charge on any atom is -0.316 e. The molecule has 0 saturated carbocycles. The summed E-state index contributed by atoms with van der Waals surface area (Å²) in [6.45, 7) is 6.25. The van der Waals surface area contributed by atoms with E-state index in [1.165, 1.54) is 10.4 Å². The molecule has 1 spiro atoms. The van der Waals surface area contributed by atoms with Crippen molar-refractivity contribution in [2.75, 3.05) is 13.1 Å². The molecule has 2 saturated heterocycles. The first-order valence-electron chi connectivity index (χ1n) is 12.2. The molecule has 0 unspecified atom stereocenters. The summed E-state index contributed by atoms with van der Waals surface area (Å²) in [7, 11) is -4.12. The maximum atomic E-state index is 13.6. The first-order valence-corrected chi connectivity index (χ1v) is 13.6. The lowest BCUT2D eigenvalue weighted by atomic mass is 9.94. The van der Waals surface area contributed by atoms with Gasteiger partial charge in [0.15, 0.2) is 0 Å². The van der Waals surface area contributed by atoms with Crippen molar-refractivity contribution in [3.8, 4) is 0 Å². The second-order valence-corrected chi connectivity index (χ2v) is 12.0. The van der Waals surface area contributed by atoms with Gasteiger partial charge < -0.3 is 4.90 Å². The Labute approximate surface area is 210 Å². The summed E-state index contributed by atoms with van der Waals surface area (Å²) in [6, 6.07) is 12.9. The summed E-state index contributed by atoms with van der Waals surface area (Å²) < 4.78 is 67.2. The monoisotopic (exact) mass is 523 g/mol. The van der Waals surface area contributed by atoms with Gasteiger partial charge in [0.2, 0.25) is 15.9 Å². The zero-order valence-electron chi connectivity index (χ0n) is 20.6. The van der Waals surface area contributed by atoms with Crippen LogP contribution in [0.2, 0.25) is 0 Å². The highest BCUT2D eigenvalue weighted by molar-refractivity contribution is 7.89. The standard InChI is InChI=1S/C26H32F3N3O3S/c1-18(2)16-23-24(33)32(19(3)20-8-5-4-6-9-20)25(30-23)12-14-31(15-13-25)36(34,35)22-11-7-10-21(17-22)26(27,28)29/h4-11,17-19,23,30H,12-16H2,1-3H3/t19-,23+/m0/s1. The van der Waals surface area contributed by atoms with E-state index in [-0.39, 0.29) is 41.9 Å². The summed E-state index contributed by atoms with van der Waals surface area (Å²) in [5, 5.41) is 3.54. The van der Waals surface area contributed by atoms with Gasteiger partial charge in [0, 0.05) is 13.1 Å². The highest BCUT2D eigenvalue weighted by Crippen LogP contribution is 2.41. The maximum absolute atomic E-state index is 13.6. The van der Waals surface area contributed by atoms with Gasteiger partial charge in [0.25, 0.3) is 0 Å². The number of halogens is 3. The fourth-order valence-electron chi connectivity index (χ4n) is 5.37. The van der Waals surface area contributed by atoms with Crippen molar-refractivity contribution in [2.45, 2.75) is 68.9 Å². The van der Waals surface area contributed by atoms with E-state index in [1.807, 2.05) is 42.2 Å². The number of piperidine rings is 1. The Hall–Kier alpha value is -2.43. The van der Waals surface area contributed by atoms with Gasteiger partial charge in [0.05, 0.1) is 28.2 Å². The number of alkyl halides is 3. The molecule has 0 radical (unpaired) electrons. The second kappa shape index (κ2) is 9.79. The lowest BCUT2D eigenvalue weighted by molar-refractivity contribution is -0.138. The summed E-state index contributed by atoms with van der Waals surface area (Å²) in [5.74, 6) is 0.283. The number of benzene rings is 2. The van der Waals surface area contributed by atoms with Crippen LogP contribution < -0.4 is 5.32 Å². The summed E-state index contributed by atoms with van der Waals surface area (Å²) in [6.07, 6.45) is -3.30. The van der Waals surface area contributed by atoms with Crippen molar-refractivity contribution in [1.82, 2.24) is 14.5 Å². The molecule has 2 aromatic carbocycles. The van der Waals surface area contributed by atoms with Gasteiger partial charge in [-0.1, -0.05) is 50.2 Å². The van der Waals surface area contributed by atoms with Crippen molar-refractivity contribution < 1.29 is 26.4 Å². The molecule has 1 N–H and O–H groups in total. The minimum absolute atomic E-state index is 0.00533. The van der Waals surface area contributed by atoms with Crippen molar-refractivity contribution in [2.24, 2.45) is 5.92 Å². The zero-order valence-corrected chi connectivity index (χ0v) is 21.4. The molecule has 2 atom stereocenters. The van der Waals surface area contributed by atoms with Crippen LogP contribution in [0.3, 0.4) is 0 Å². The van der Waals surface area contributed by atoms with E-state index < -0.39 is 27.4 Å². The number of hydrogen-bond donors (Lipinski definition) is 1. The molecule has 196 valence electrons. The zero-order chi connectivity index (χ0) is 26.3. The minimum atomic E-state index is -4.63. The molecule has 2 fully saturated rings. The van der Waals surface area contributed by atoms with Crippen molar-refractivity contribution >= 4 is 15.9 Å². The van der Waals surface area contributed by atoms with Crippen LogP contribution in [-0.2, 0) is 21.0 Å². The van der Waals surface area contributed by atoms with Crippen LogP contribution in [0.5, 0.6) is 0 Å². The normalized spacial score (nSPS) is 21.9. The predicted octanol–water partition coefficient (Wildman–Crippen LogP) is 4.79. The summed E-state index contributed by atoms with van der Waals surface area (Å²) in [4.78, 5) is 15.1. The lowest BCUT2D eigenvalue weighted by Gasteiger charge is -2.46. The lowest BCUT2D eigenvalue weighted by Crippen LogP contribution is -2.60. The molecule has 10 heteroatoms. The van der Waals surface area contributed by atoms with Crippen LogP contribution in [-0.4, -0.2) is 48.3 Å². The van der Waals surface area contributed by atoms with E-state index in [4.69, 9.17) is 0 Å². The van der Waals surface area contributed by atoms with Crippen LogP contribution >= 0.6 is 0 Å². The number of carbonyl (C=O) groups is 1. The Balaban J connectivity index is 1.60. The van der Waals surface area contributed by atoms with E-state index in [2.05, 4.69) is 19.2 Å². The third-order valence-electron chi connectivity index (χ3n) is 7.16. The number of amides is 1. The van der Waals surface area contributed by atoms with Gasteiger partial charge >= 0.3 is 6.18 Å². The number of carbonyl (C=O) groups excluding carboxylic acids is 1. The van der Waals surface area contributed by atoms with Crippen molar-refractivity contribution in [1.29, 1.82) is 0 Å². The van der Waals surface area contributed by atoms with Gasteiger partial charge in [-0.2, -0.15) is 17.5 Å². The highest BCUT2D eigenvalue weighted by atomic mass is 32.2. The summed E-state index contributed by atoms with van der Waals surface area (Å²) in [5.41, 5.74) is -0.748. The SMILES string of the molecule is CC(C)C[C@H]1NC2(CCN(S(=O)(=O)c3cccc(C(F)(F)F)c3)CC2)N([C@@H](C)c2ccccc2)C1=O. The molecular formula is C26H32F3N3O3S. The van der Waals surface area contributed by atoms with Gasteiger partial charge in [-0.15, -0.1) is 0 Å². The molecule has 2 aromatic rings. The van der Waals surface area contributed by atoms with Gasteiger partial charge in [0.1, 0.15) is 0 Å². The molecule has 2 aliphatic rings. The van der Waals surface area contributed by atoms with Crippen LogP contribution in [0.15, 0.2) is 59.5 Å². The summed E-state index contributed by atoms with van der Waals surface area (Å²) >= 11 is 0. The Morgan fingerprint density at radius 1 is 1.03 bits per heavy atom. The van der Waals surface area contributed by atoms with Crippen molar-refractivity contribution in [3.05, 3.63) is 65.7 Å². The average Bonchev–Trinajstić information content (AvgIpc) is 3.08. The van der Waals surface area contributed by atoms with E-state index in [0.29, 0.717) is 25.3 Å². The van der Waals surface area contributed by atoms with Gasteiger partial charge in [-0.25, -0.2) is 8.42 Å². The number of hydrogen-bond acceptors (Lipinski definition) is 4. The Kier molecular flexibility index (Phi) is 7.24. The molecule has 6 nitrogen and oxygen atoms in total. The van der Waals surface area contributed by atoms with Crippen molar-refractivity contribution in [3.63, 3.8) is 0 Å². The third-order valence-corrected chi connectivity index (χ3v) is 9.06. The van der Waals surface area contributed by atoms with E-state index in [9.17, 15) is 26.4 Å². The third kappa shape index (κ3) is 5.03. The van der Waals surface area contributed by atoms with Crippen LogP contribution in [0.4, 0.5) is 13.2 Å². The highest BCUT2D eigenvalue weighted by Gasteiger charge is 2.54. The number of sulfonamides is 1. The molecule has 0 bridgehead atoms. The number of nitrogens with one attached hydrogen (secondary N) is 1. The molecule has 0 aromatic heterocycles. The quantitative estimate of drug-likeness (QED) is 0.591. The molecule has 36 heavy (non-hydrogen) atoms. The van der Waals surface area contributed by atoms with E-state index in [0.717, 1.165) is 17.7 Å². The maximum Gasteiger partial charge on any atom is 0.416 e. The molecule has 2 aliphatic heterocycles. The molecule has 0 aliphatic carbocycles. The first kappa shape index (κ1) is 26.6. The predicted molar refractivity (Wildman–Crippen MR) is 130 cm³/mol. The van der Waals surface area contributed by atoms with Gasteiger partial charge in [-0.3, -0.25) is 10.1 Å². The van der Waals surface area contributed by atoms with Crippen LogP contribution in [0.25, 0.3) is 0 Å². The Morgan fingerprint density at radius 2 is 1.67 bits per heavy atom. The van der Waals surface area contributed by atoms with E-state index in [1.54, 1.807) is 0 Å². The largest absolute Gasteiger partial charge is 0.416 e. The van der Waals surface area contributed by atoms with Crippen LogP contribution in [0, 0.1) is 5.92 Å². The Bertz CT molecular complexity index is 1190. The Morgan fingerprint density at radius 3 is 2.25 bits per heavy atom. The topological polar surface area (TPSA) is 69.7 Å².